The van der Waals surface area contributed by atoms with Crippen molar-refractivity contribution in [1.82, 2.24) is 5.32 Å². The number of ether oxygens (including phenoxy) is 1. The van der Waals surface area contributed by atoms with Crippen molar-refractivity contribution in [2.24, 2.45) is 0 Å². The molecule has 0 aromatic carbocycles. The maximum Gasteiger partial charge on any atom is 0.343 e. The summed E-state index contributed by atoms with van der Waals surface area (Å²) in [5, 5.41) is 10.5. The number of nitriles is 1. The van der Waals surface area contributed by atoms with Gasteiger partial charge in [-0.3, -0.25) is 4.79 Å². The molecule has 0 aliphatic carbocycles. The molecule has 0 bridgehead atoms. The van der Waals surface area contributed by atoms with Gasteiger partial charge in [0.25, 0.3) is 0 Å². The van der Waals surface area contributed by atoms with Crippen LogP contribution in [0.25, 0.3) is 0 Å². The van der Waals surface area contributed by atoms with Crippen LogP contribution in [-0.4, -0.2) is 24.5 Å². The van der Waals surface area contributed by atoms with Crippen molar-refractivity contribution in [3.8, 4) is 6.07 Å². The molecule has 0 radical (unpaired) electrons. The van der Waals surface area contributed by atoms with Crippen LogP contribution in [0.1, 0.15) is 13.8 Å². The molecule has 0 aromatic rings. The molecule has 0 aliphatic rings. The second-order valence-electron chi connectivity index (χ2n) is 2.01. The highest BCUT2D eigenvalue weighted by atomic mass is 16.5. The number of carbonyl (C=O) groups excluding carboxylic acids is 2. The smallest absolute Gasteiger partial charge is 0.343 e. The van der Waals surface area contributed by atoms with Gasteiger partial charge in [-0.2, -0.15) is 5.26 Å². The third kappa shape index (κ3) is 3.56. The van der Waals surface area contributed by atoms with Gasteiger partial charge in [-0.25, -0.2) is 4.79 Å². The number of amides is 1. The van der Waals surface area contributed by atoms with E-state index in [9.17, 15) is 9.59 Å². The summed E-state index contributed by atoms with van der Waals surface area (Å²) in [6.07, 6.45) is 0. The Kier molecular flexibility index (Phi) is 4.46. The molecule has 1 unspecified atom stereocenters. The molecular formula is C7H10N2O3. The minimum Gasteiger partial charge on any atom is -0.464 e. The summed E-state index contributed by atoms with van der Waals surface area (Å²) in [6, 6.07) is 0.419. The Morgan fingerprint density at radius 3 is 2.58 bits per heavy atom. The number of hydrogen-bond donors (Lipinski definition) is 1. The fraction of sp³-hybridized carbons (Fsp3) is 0.571. The van der Waals surface area contributed by atoms with E-state index in [-0.39, 0.29) is 6.61 Å². The summed E-state index contributed by atoms with van der Waals surface area (Å²) in [4.78, 5) is 21.3. The van der Waals surface area contributed by atoms with Crippen LogP contribution in [-0.2, 0) is 14.3 Å². The minimum absolute atomic E-state index is 0.191. The Labute approximate surface area is 70.3 Å². The molecule has 1 N–H and O–H groups in total. The second-order valence-corrected chi connectivity index (χ2v) is 2.01. The van der Waals surface area contributed by atoms with Crippen LogP contribution in [0.15, 0.2) is 0 Å². The molecule has 5 nitrogen and oxygen atoms in total. The molecule has 1 amide bonds. The van der Waals surface area contributed by atoms with Crippen molar-refractivity contribution < 1.29 is 14.3 Å². The highest BCUT2D eigenvalue weighted by molar-refractivity contribution is 5.85. The van der Waals surface area contributed by atoms with Crippen LogP contribution in [0.3, 0.4) is 0 Å². The minimum atomic E-state index is -1.19. The molecule has 0 saturated heterocycles. The predicted molar refractivity (Wildman–Crippen MR) is 39.9 cm³/mol. The topological polar surface area (TPSA) is 79.2 Å². The molecule has 12 heavy (non-hydrogen) atoms. The Bertz CT molecular complexity index is 219. The number of nitrogens with zero attached hydrogens (tertiary/aromatic N) is 1. The van der Waals surface area contributed by atoms with Gasteiger partial charge in [-0.1, -0.05) is 0 Å². The van der Waals surface area contributed by atoms with Crippen LogP contribution in [0.2, 0.25) is 0 Å². The van der Waals surface area contributed by atoms with Gasteiger partial charge in [-0.15, -0.1) is 0 Å². The van der Waals surface area contributed by atoms with Gasteiger partial charge in [0.15, 0.2) is 0 Å². The SMILES string of the molecule is CCOC(=O)C(C#N)NC(C)=O. The average molecular weight is 170 g/mol. The molecule has 0 aromatic heterocycles. The zero-order valence-electron chi connectivity index (χ0n) is 6.96. The van der Waals surface area contributed by atoms with Crippen molar-refractivity contribution in [1.29, 1.82) is 5.26 Å². The van der Waals surface area contributed by atoms with E-state index in [1.165, 1.54) is 6.92 Å². The lowest BCUT2D eigenvalue weighted by Gasteiger charge is -2.07. The van der Waals surface area contributed by atoms with Crippen molar-refractivity contribution in [2.75, 3.05) is 6.61 Å². The normalized spacial score (nSPS) is 11.1. The van der Waals surface area contributed by atoms with Gasteiger partial charge in [-0.05, 0) is 6.92 Å². The predicted octanol–water partition coefficient (Wildman–Crippen LogP) is -0.422. The van der Waals surface area contributed by atoms with Gasteiger partial charge >= 0.3 is 5.97 Å². The molecular weight excluding hydrogens is 160 g/mol. The van der Waals surface area contributed by atoms with Gasteiger partial charge < -0.3 is 10.1 Å². The molecule has 0 aliphatic heterocycles. The van der Waals surface area contributed by atoms with Gasteiger partial charge in [0, 0.05) is 6.92 Å². The van der Waals surface area contributed by atoms with Crippen LogP contribution in [0, 0.1) is 11.3 Å². The third-order valence-electron chi connectivity index (χ3n) is 0.999. The lowest BCUT2D eigenvalue weighted by atomic mass is 10.3. The van der Waals surface area contributed by atoms with Crippen molar-refractivity contribution >= 4 is 11.9 Å². The fourth-order valence-electron chi connectivity index (χ4n) is 0.573. The third-order valence-corrected chi connectivity index (χ3v) is 0.999. The highest BCUT2D eigenvalue weighted by Gasteiger charge is 2.19. The van der Waals surface area contributed by atoms with Crippen LogP contribution in [0.5, 0.6) is 0 Å². The largest absolute Gasteiger partial charge is 0.464 e. The monoisotopic (exact) mass is 170 g/mol. The maximum atomic E-state index is 10.9. The van der Waals surface area contributed by atoms with Gasteiger partial charge in [0.1, 0.15) is 0 Å². The Morgan fingerprint density at radius 2 is 2.25 bits per heavy atom. The molecule has 0 rings (SSSR count). The first-order chi connectivity index (χ1) is 5.61. The van der Waals surface area contributed by atoms with Crippen molar-refractivity contribution in [2.45, 2.75) is 19.9 Å². The first-order valence-electron chi connectivity index (χ1n) is 3.45. The van der Waals surface area contributed by atoms with Crippen molar-refractivity contribution in [3.63, 3.8) is 0 Å². The molecule has 1 atom stereocenters. The van der Waals surface area contributed by atoms with E-state index in [4.69, 9.17) is 5.26 Å². The second kappa shape index (κ2) is 5.13. The fourth-order valence-corrected chi connectivity index (χ4v) is 0.573. The zero-order chi connectivity index (χ0) is 9.56. The average Bonchev–Trinajstić information content (AvgIpc) is 2.00. The number of hydrogen-bond acceptors (Lipinski definition) is 4. The Balaban J connectivity index is 4.08. The highest BCUT2D eigenvalue weighted by Crippen LogP contribution is 1.87. The van der Waals surface area contributed by atoms with E-state index in [1.807, 2.05) is 0 Å². The summed E-state index contributed by atoms with van der Waals surface area (Å²) >= 11 is 0. The molecule has 5 heteroatoms. The Hall–Kier alpha value is -1.57. The number of carbonyl (C=O) groups is 2. The van der Waals surface area contributed by atoms with Gasteiger partial charge in [0.05, 0.1) is 12.7 Å². The lowest BCUT2D eigenvalue weighted by molar-refractivity contribution is -0.145. The maximum absolute atomic E-state index is 10.9. The van der Waals surface area contributed by atoms with Crippen LogP contribution < -0.4 is 5.32 Å². The van der Waals surface area contributed by atoms with E-state index in [2.05, 4.69) is 10.1 Å². The van der Waals surface area contributed by atoms with E-state index in [1.54, 1.807) is 13.0 Å². The summed E-state index contributed by atoms with van der Waals surface area (Å²) in [6.45, 7) is 3.04. The Morgan fingerprint density at radius 1 is 1.67 bits per heavy atom. The first-order valence-corrected chi connectivity index (χ1v) is 3.45. The van der Waals surface area contributed by atoms with E-state index >= 15 is 0 Å². The first kappa shape index (κ1) is 10.4. The molecule has 0 heterocycles. The van der Waals surface area contributed by atoms with E-state index in [0.29, 0.717) is 0 Å². The van der Waals surface area contributed by atoms with Crippen LogP contribution >= 0.6 is 0 Å². The molecule has 0 fully saturated rings. The van der Waals surface area contributed by atoms with E-state index < -0.39 is 17.9 Å². The summed E-state index contributed by atoms with van der Waals surface area (Å²) in [5.41, 5.74) is 0. The lowest BCUT2D eigenvalue weighted by Crippen LogP contribution is -2.39. The molecule has 0 saturated carbocycles. The number of esters is 1. The number of rotatable bonds is 3. The summed E-state index contributed by atoms with van der Waals surface area (Å²) in [5.74, 6) is -1.16. The van der Waals surface area contributed by atoms with Gasteiger partial charge in [0.2, 0.25) is 11.9 Å². The van der Waals surface area contributed by atoms with Crippen molar-refractivity contribution in [3.05, 3.63) is 0 Å². The van der Waals surface area contributed by atoms with Crippen LogP contribution in [0.4, 0.5) is 0 Å². The molecule has 66 valence electrons. The quantitative estimate of drug-likeness (QED) is 0.583. The van der Waals surface area contributed by atoms with E-state index in [0.717, 1.165) is 0 Å². The summed E-state index contributed by atoms with van der Waals surface area (Å²) in [7, 11) is 0. The standard InChI is InChI=1S/C7H10N2O3/c1-3-12-7(11)6(4-8)9-5(2)10/h6H,3H2,1-2H3,(H,9,10). The molecule has 0 spiro atoms. The zero-order valence-corrected chi connectivity index (χ0v) is 6.96. The summed E-state index contributed by atoms with van der Waals surface area (Å²) < 4.78 is 4.52. The number of nitrogens with one attached hydrogen (secondary N) is 1.